The first kappa shape index (κ1) is 19.5. The molecule has 6 heteroatoms. The number of benzene rings is 3. The van der Waals surface area contributed by atoms with Crippen molar-refractivity contribution in [3.63, 3.8) is 0 Å². The molecule has 0 saturated carbocycles. The van der Waals surface area contributed by atoms with Gasteiger partial charge in [0.15, 0.2) is 0 Å². The van der Waals surface area contributed by atoms with Gasteiger partial charge in [0, 0.05) is 17.0 Å². The zero-order valence-electron chi connectivity index (χ0n) is 15.7. The van der Waals surface area contributed by atoms with Crippen molar-refractivity contribution in [1.29, 1.82) is 0 Å². The summed E-state index contributed by atoms with van der Waals surface area (Å²) in [5.41, 5.74) is 3.01. The van der Waals surface area contributed by atoms with Crippen molar-refractivity contribution in [3.8, 4) is 5.75 Å². The smallest absolute Gasteiger partial charge is 0.276 e. The van der Waals surface area contributed by atoms with Crippen molar-refractivity contribution in [3.05, 3.63) is 99.5 Å². The molecular formula is C23H18Cl2N2O2. The molecule has 0 spiro atoms. The quantitative estimate of drug-likeness (QED) is 0.515. The minimum atomic E-state index is -0.268. The van der Waals surface area contributed by atoms with Gasteiger partial charge in [0.05, 0.1) is 29.4 Å². The molecule has 1 heterocycles. The van der Waals surface area contributed by atoms with Crippen LogP contribution in [-0.2, 0) is 0 Å². The lowest BCUT2D eigenvalue weighted by Gasteiger charge is -2.22. The highest BCUT2D eigenvalue weighted by molar-refractivity contribution is 6.33. The Morgan fingerprint density at radius 3 is 2.41 bits per heavy atom. The molecule has 1 aliphatic heterocycles. The fraction of sp³-hybridized carbons (Fsp3) is 0.130. The summed E-state index contributed by atoms with van der Waals surface area (Å²) >= 11 is 12.3. The van der Waals surface area contributed by atoms with E-state index in [1.807, 2.05) is 48.5 Å². The number of methoxy groups -OCH3 is 1. The highest BCUT2D eigenvalue weighted by Crippen LogP contribution is 2.36. The Balaban J connectivity index is 1.78. The molecular weight excluding hydrogens is 407 g/mol. The summed E-state index contributed by atoms with van der Waals surface area (Å²) < 4.78 is 5.49. The number of amides is 1. The van der Waals surface area contributed by atoms with E-state index in [0.29, 0.717) is 27.8 Å². The molecule has 0 unspecified atom stereocenters. The third-order valence-electron chi connectivity index (χ3n) is 4.90. The number of hydrazone groups is 1. The van der Waals surface area contributed by atoms with Crippen molar-refractivity contribution in [2.45, 2.75) is 12.5 Å². The number of carbonyl (C=O) groups excluding carboxylic acids is 1. The number of nitrogens with zero attached hydrogens (tertiary/aromatic N) is 2. The molecule has 0 fully saturated rings. The van der Waals surface area contributed by atoms with E-state index in [2.05, 4.69) is 0 Å². The van der Waals surface area contributed by atoms with Gasteiger partial charge < -0.3 is 4.74 Å². The lowest BCUT2D eigenvalue weighted by Crippen LogP contribution is -2.27. The molecule has 0 bridgehead atoms. The van der Waals surface area contributed by atoms with Gasteiger partial charge in [-0.1, -0.05) is 59.6 Å². The van der Waals surface area contributed by atoms with Crippen LogP contribution in [0.3, 0.4) is 0 Å². The van der Waals surface area contributed by atoms with Crippen molar-refractivity contribution in [1.82, 2.24) is 5.01 Å². The van der Waals surface area contributed by atoms with Crippen LogP contribution in [0.5, 0.6) is 5.75 Å². The van der Waals surface area contributed by atoms with E-state index < -0.39 is 0 Å². The second-order valence-electron chi connectivity index (χ2n) is 6.65. The van der Waals surface area contributed by atoms with E-state index in [-0.39, 0.29) is 11.9 Å². The van der Waals surface area contributed by atoms with Gasteiger partial charge in [-0.3, -0.25) is 4.79 Å². The minimum absolute atomic E-state index is 0.250. The lowest BCUT2D eigenvalue weighted by atomic mass is 9.97. The molecule has 0 aliphatic carbocycles. The van der Waals surface area contributed by atoms with E-state index in [4.69, 9.17) is 33.0 Å². The maximum atomic E-state index is 13.3. The van der Waals surface area contributed by atoms with Crippen LogP contribution in [0.1, 0.15) is 33.9 Å². The van der Waals surface area contributed by atoms with Gasteiger partial charge >= 0.3 is 0 Å². The summed E-state index contributed by atoms with van der Waals surface area (Å²) in [7, 11) is 1.62. The average molecular weight is 425 g/mol. The van der Waals surface area contributed by atoms with Gasteiger partial charge in [0.1, 0.15) is 5.75 Å². The maximum Gasteiger partial charge on any atom is 0.276 e. The molecule has 0 N–H and O–H groups in total. The minimum Gasteiger partial charge on any atom is -0.496 e. The third kappa shape index (κ3) is 3.86. The highest BCUT2D eigenvalue weighted by atomic mass is 35.5. The van der Waals surface area contributed by atoms with Crippen LogP contribution >= 0.6 is 23.2 Å². The molecule has 1 aliphatic rings. The van der Waals surface area contributed by atoms with Crippen LogP contribution in [0, 0.1) is 0 Å². The molecule has 1 amide bonds. The number of hydrogen-bond donors (Lipinski definition) is 0. The van der Waals surface area contributed by atoms with Crippen molar-refractivity contribution < 1.29 is 9.53 Å². The molecule has 0 saturated heterocycles. The van der Waals surface area contributed by atoms with Gasteiger partial charge in [-0.2, -0.15) is 5.10 Å². The largest absolute Gasteiger partial charge is 0.496 e. The number of carbonyl (C=O) groups is 1. The summed E-state index contributed by atoms with van der Waals surface area (Å²) in [5.74, 6) is 0.466. The first-order valence-electron chi connectivity index (χ1n) is 9.13. The number of ether oxygens (including phenoxy) is 1. The Hall–Kier alpha value is -2.82. The predicted molar refractivity (Wildman–Crippen MR) is 116 cm³/mol. The number of hydrogen-bond acceptors (Lipinski definition) is 3. The van der Waals surface area contributed by atoms with Gasteiger partial charge in [-0.15, -0.1) is 0 Å². The van der Waals surface area contributed by atoms with Crippen LogP contribution in [0.25, 0.3) is 0 Å². The van der Waals surface area contributed by atoms with E-state index in [0.717, 1.165) is 16.8 Å². The standard InChI is InChI=1S/C23H18Cl2N2O2/c1-29-22-9-5-3-7-18(22)20-14-21(15-10-12-16(24)13-11-15)27(26-20)23(28)17-6-2-4-8-19(17)25/h2-13,21H,14H2,1H3/t21-/m1/s1. The normalized spacial score (nSPS) is 15.9. The molecule has 4 nitrogen and oxygen atoms in total. The van der Waals surface area contributed by atoms with E-state index in [1.54, 1.807) is 31.4 Å². The Morgan fingerprint density at radius 2 is 1.69 bits per heavy atom. The number of halogens is 2. The molecule has 1 atom stereocenters. The number of rotatable bonds is 4. The van der Waals surface area contributed by atoms with Crippen molar-refractivity contribution in [2.24, 2.45) is 5.10 Å². The first-order valence-corrected chi connectivity index (χ1v) is 9.88. The monoisotopic (exact) mass is 424 g/mol. The summed E-state index contributed by atoms with van der Waals surface area (Å²) in [4.78, 5) is 13.3. The molecule has 4 rings (SSSR count). The zero-order valence-corrected chi connectivity index (χ0v) is 17.2. The van der Waals surface area contributed by atoms with Crippen LogP contribution in [0.15, 0.2) is 77.9 Å². The topological polar surface area (TPSA) is 41.9 Å². The Kier molecular flexibility index (Phi) is 5.56. The van der Waals surface area contributed by atoms with Crippen LogP contribution < -0.4 is 4.74 Å². The first-order chi connectivity index (χ1) is 14.1. The SMILES string of the molecule is COc1ccccc1C1=NN(C(=O)c2ccccc2Cl)[C@@H](c2ccc(Cl)cc2)C1. The van der Waals surface area contributed by atoms with E-state index in [9.17, 15) is 4.79 Å². The van der Waals surface area contributed by atoms with Gasteiger partial charge in [0.2, 0.25) is 0 Å². The summed E-state index contributed by atoms with van der Waals surface area (Å²) in [6.45, 7) is 0. The Morgan fingerprint density at radius 1 is 1.00 bits per heavy atom. The van der Waals surface area contributed by atoms with Crippen LogP contribution in [-0.4, -0.2) is 23.7 Å². The molecule has 3 aromatic carbocycles. The molecule has 146 valence electrons. The third-order valence-corrected chi connectivity index (χ3v) is 5.48. The van der Waals surface area contributed by atoms with Gasteiger partial charge in [-0.25, -0.2) is 5.01 Å². The highest BCUT2D eigenvalue weighted by Gasteiger charge is 2.35. The predicted octanol–water partition coefficient (Wildman–Crippen LogP) is 5.99. The molecule has 3 aromatic rings. The van der Waals surface area contributed by atoms with Crippen molar-refractivity contribution in [2.75, 3.05) is 7.11 Å². The van der Waals surface area contributed by atoms with Crippen LogP contribution in [0.2, 0.25) is 10.0 Å². The Labute approximate surface area is 179 Å². The zero-order chi connectivity index (χ0) is 20.4. The fourth-order valence-corrected chi connectivity index (χ4v) is 3.79. The van der Waals surface area contributed by atoms with E-state index >= 15 is 0 Å². The van der Waals surface area contributed by atoms with E-state index in [1.165, 1.54) is 5.01 Å². The second-order valence-corrected chi connectivity index (χ2v) is 7.49. The molecule has 29 heavy (non-hydrogen) atoms. The van der Waals surface area contributed by atoms with Crippen molar-refractivity contribution >= 4 is 34.8 Å². The second kappa shape index (κ2) is 8.27. The number of para-hydroxylation sites is 1. The summed E-state index contributed by atoms with van der Waals surface area (Å²) in [5, 5.41) is 7.24. The fourth-order valence-electron chi connectivity index (χ4n) is 3.45. The lowest BCUT2D eigenvalue weighted by molar-refractivity contribution is 0.0711. The van der Waals surface area contributed by atoms with Crippen LogP contribution in [0.4, 0.5) is 0 Å². The maximum absolute atomic E-state index is 13.3. The summed E-state index contributed by atoms with van der Waals surface area (Å²) in [6.07, 6.45) is 0.554. The van der Waals surface area contributed by atoms with Gasteiger partial charge in [-0.05, 0) is 42.0 Å². The average Bonchev–Trinajstić information content (AvgIpc) is 3.19. The molecule has 0 aromatic heterocycles. The molecule has 0 radical (unpaired) electrons. The van der Waals surface area contributed by atoms with Gasteiger partial charge in [0.25, 0.3) is 5.91 Å². The summed E-state index contributed by atoms with van der Waals surface area (Å²) in [6, 6.07) is 21.8. The Bertz CT molecular complexity index is 1080.